The Morgan fingerprint density at radius 2 is 1.88 bits per heavy atom. The molecule has 0 bridgehead atoms. The lowest BCUT2D eigenvalue weighted by Crippen LogP contribution is -2.39. The van der Waals surface area contributed by atoms with Gasteiger partial charge in [0.05, 0.1) is 18.6 Å². The number of hydrogen-bond donors (Lipinski definition) is 0. The van der Waals surface area contributed by atoms with Crippen molar-refractivity contribution in [2.45, 2.75) is 26.9 Å². The van der Waals surface area contributed by atoms with Crippen LogP contribution in [-0.4, -0.2) is 31.3 Å². The van der Waals surface area contributed by atoms with Crippen LogP contribution in [0.1, 0.15) is 13.8 Å². The van der Waals surface area contributed by atoms with E-state index in [0.717, 1.165) is 4.57 Å². The molecule has 0 fully saturated rings. The van der Waals surface area contributed by atoms with E-state index >= 15 is 0 Å². The SMILES string of the molecule is CCOC(=O)Cn1cnc2c1c(=O)n(CC)c(=O)n2-c1ccccc1. The third-order valence-electron chi connectivity index (χ3n) is 3.84. The van der Waals surface area contributed by atoms with Gasteiger partial charge in [0.2, 0.25) is 0 Å². The molecule has 2 aromatic heterocycles. The van der Waals surface area contributed by atoms with E-state index in [4.69, 9.17) is 4.74 Å². The van der Waals surface area contributed by atoms with E-state index in [0.29, 0.717) is 5.69 Å². The van der Waals surface area contributed by atoms with Gasteiger partial charge in [-0.15, -0.1) is 0 Å². The van der Waals surface area contributed by atoms with Crippen LogP contribution in [0, 0.1) is 0 Å². The number of fused-ring (bicyclic) bond motifs is 1. The molecule has 0 amide bonds. The average Bonchev–Trinajstić information content (AvgIpc) is 3.00. The van der Waals surface area contributed by atoms with Crippen LogP contribution in [0.4, 0.5) is 0 Å². The summed E-state index contributed by atoms with van der Waals surface area (Å²) in [5, 5.41) is 0. The molecule has 3 aromatic rings. The normalized spacial score (nSPS) is 11.0. The maximum atomic E-state index is 12.8. The number of para-hydroxylation sites is 1. The predicted molar refractivity (Wildman–Crippen MR) is 91.9 cm³/mol. The number of benzene rings is 1. The summed E-state index contributed by atoms with van der Waals surface area (Å²) in [6, 6.07) is 8.95. The summed E-state index contributed by atoms with van der Waals surface area (Å²) in [5.41, 5.74) is 0.0682. The first-order valence-corrected chi connectivity index (χ1v) is 8.00. The van der Waals surface area contributed by atoms with Gasteiger partial charge in [-0.3, -0.25) is 14.2 Å². The number of carbonyl (C=O) groups excluding carboxylic acids is 1. The van der Waals surface area contributed by atoms with Crippen LogP contribution in [0.25, 0.3) is 16.9 Å². The second-order valence-electron chi connectivity index (χ2n) is 5.35. The highest BCUT2D eigenvalue weighted by atomic mass is 16.5. The van der Waals surface area contributed by atoms with Crippen LogP contribution in [0.2, 0.25) is 0 Å². The second-order valence-corrected chi connectivity index (χ2v) is 5.35. The molecule has 3 rings (SSSR count). The van der Waals surface area contributed by atoms with Gasteiger partial charge >= 0.3 is 11.7 Å². The number of ether oxygens (including phenoxy) is 1. The number of carbonyl (C=O) groups is 1. The van der Waals surface area contributed by atoms with Gasteiger partial charge in [0, 0.05) is 6.54 Å². The third kappa shape index (κ3) is 2.86. The molecule has 0 atom stereocenters. The second kappa shape index (κ2) is 6.76. The number of nitrogens with zero attached hydrogens (tertiary/aromatic N) is 4. The van der Waals surface area contributed by atoms with Gasteiger partial charge in [-0.2, -0.15) is 0 Å². The van der Waals surface area contributed by atoms with Crippen molar-refractivity contribution in [3.63, 3.8) is 0 Å². The summed E-state index contributed by atoms with van der Waals surface area (Å²) < 4.78 is 8.85. The molecule has 0 saturated carbocycles. The van der Waals surface area contributed by atoms with Crippen LogP contribution in [0.15, 0.2) is 46.2 Å². The summed E-state index contributed by atoms with van der Waals surface area (Å²) in [4.78, 5) is 41.5. The molecule has 1 aromatic carbocycles. The molecule has 0 N–H and O–H groups in total. The molecule has 0 aliphatic heterocycles. The first-order valence-electron chi connectivity index (χ1n) is 8.00. The molecule has 0 saturated heterocycles. The van der Waals surface area contributed by atoms with Crippen molar-refractivity contribution < 1.29 is 9.53 Å². The van der Waals surface area contributed by atoms with Crippen LogP contribution in [0.5, 0.6) is 0 Å². The minimum atomic E-state index is -0.475. The molecule has 0 aliphatic carbocycles. The molecule has 8 nitrogen and oxygen atoms in total. The van der Waals surface area contributed by atoms with Crippen LogP contribution >= 0.6 is 0 Å². The summed E-state index contributed by atoms with van der Waals surface area (Å²) in [7, 11) is 0. The van der Waals surface area contributed by atoms with Gasteiger partial charge in [0.1, 0.15) is 6.54 Å². The third-order valence-corrected chi connectivity index (χ3v) is 3.84. The lowest BCUT2D eigenvalue weighted by Gasteiger charge is -2.11. The van der Waals surface area contributed by atoms with E-state index < -0.39 is 17.2 Å². The molecule has 0 spiro atoms. The van der Waals surface area contributed by atoms with Crippen molar-refractivity contribution in [2.24, 2.45) is 0 Å². The number of rotatable bonds is 5. The predicted octanol–water partition coefficient (Wildman–Crippen LogP) is 0.932. The topological polar surface area (TPSA) is 88.1 Å². The van der Waals surface area contributed by atoms with Crippen molar-refractivity contribution in [1.82, 2.24) is 18.7 Å². The molecule has 2 heterocycles. The molecular weight excluding hydrogens is 324 g/mol. The fraction of sp³-hybridized carbons (Fsp3) is 0.294. The summed E-state index contributed by atoms with van der Waals surface area (Å²) in [5.74, 6) is -0.471. The van der Waals surface area contributed by atoms with E-state index in [9.17, 15) is 14.4 Å². The smallest absolute Gasteiger partial charge is 0.337 e. The average molecular weight is 342 g/mol. The Kier molecular flexibility index (Phi) is 4.51. The fourth-order valence-corrected chi connectivity index (χ4v) is 2.73. The molecular formula is C17H18N4O4. The van der Waals surface area contributed by atoms with Gasteiger partial charge in [-0.25, -0.2) is 14.3 Å². The van der Waals surface area contributed by atoms with Gasteiger partial charge in [-0.05, 0) is 26.0 Å². The minimum absolute atomic E-state index is 0.143. The van der Waals surface area contributed by atoms with Crippen molar-refractivity contribution in [3.8, 4) is 5.69 Å². The standard InChI is InChI=1S/C17H18N4O4/c1-3-20-16(23)14-15(18-11-19(14)10-13(22)25-4-2)21(17(20)24)12-8-6-5-7-9-12/h5-9,11H,3-4,10H2,1-2H3. The Hall–Kier alpha value is -3.16. The summed E-state index contributed by atoms with van der Waals surface area (Å²) >= 11 is 0. The highest BCUT2D eigenvalue weighted by Crippen LogP contribution is 2.12. The largest absolute Gasteiger partial charge is 0.465 e. The number of aromatic nitrogens is 4. The zero-order chi connectivity index (χ0) is 18.0. The Bertz CT molecular complexity index is 1030. The molecule has 8 heteroatoms. The molecule has 0 radical (unpaired) electrons. The van der Waals surface area contributed by atoms with Gasteiger partial charge in [0.25, 0.3) is 5.56 Å². The lowest BCUT2D eigenvalue weighted by atomic mass is 10.3. The summed E-state index contributed by atoms with van der Waals surface area (Å²) in [6.45, 7) is 3.75. The van der Waals surface area contributed by atoms with Gasteiger partial charge < -0.3 is 9.30 Å². The zero-order valence-corrected chi connectivity index (χ0v) is 14.0. The van der Waals surface area contributed by atoms with E-state index in [-0.39, 0.29) is 30.9 Å². The van der Waals surface area contributed by atoms with Gasteiger partial charge in [-0.1, -0.05) is 18.2 Å². The first kappa shape index (κ1) is 16.7. The highest BCUT2D eigenvalue weighted by Gasteiger charge is 2.19. The molecule has 0 unspecified atom stereocenters. The molecule has 130 valence electrons. The van der Waals surface area contributed by atoms with Crippen LogP contribution in [0.3, 0.4) is 0 Å². The number of imidazole rings is 1. The highest BCUT2D eigenvalue weighted by molar-refractivity contribution is 5.76. The molecule has 0 aliphatic rings. The van der Waals surface area contributed by atoms with E-state index in [1.165, 1.54) is 15.5 Å². The van der Waals surface area contributed by atoms with E-state index in [1.807, 2.05) is 6.07 Å². The van der Waals surface area contributed by atoms with Gasteiger partial charge in [0.15, 0.2) is 11.2 Å². The van der Waals surface area contributed by atoms with Crippen LogP contribution in [-0.2, 0) is 22.6 Å². The number of esters is 1. The maximum Gasteiger partial charge on any atom is 0.337 e. The molecule has 25 heavy (non-hydrogen) atoms. The monoisotopic (exact) mass is 342 g/mol. The Morgan fingerprint density at radius 1 is 1.16 bits per heavy atom. The number of hydrogen-bond acceptors (Lipinski definition) is 5. The fourth-order valence-electron chi connectivity index (χ4n) is 2.73. The lowest BCUT2D eigenvalue weighted by molar-refractivity contribution is -0.143. The first-order chi connectivity index (χ1) is 12.1. The minimum Gasteiger partial charge on any atom is -0.465 e. The summed E-state index contributed by atoms with van der Waals surface area (Å²) in [6.07, 6.45) is 1.38. The van der Waals surface area contributed by atoms with Crippen molar-refractivity contribution >= 4 is 17.1 Å². The maximum absolute atomic E-state index is 12.8. The Labute approximate surface area is 142 Å². The van der Waals surface area contributed by atoms with Crippen molar-refractivity contribution in [3.05, 3.63) is 57.5 Å². The van der Waals surface area contributed by atoms with E-state index in [1.54, 1.807) is 38.1 Å². The van der Waals surface area contributed by atoms with E-state index in [2.05, 4.69) is 4.98 Å². The van der Waals surface area contributed by atoms with Crippen molar-refractivity contribution in [1.29, 1.82) is 0 Å². The Balaban J connectivity index is 2.31. The zero-order valence-electron chi connectivity index (χ0n) is 14.0. The van der Waals surface area contributed by atoms with Crippen LogP contribution < -0.4 is 11.2 Å². The van der Waals surface area contributed by atoms with Crippen molar-refractivity contribution in [2.75, 3.05) is 6.61 Å². The Morgan fingerprint density at radius 3 is 2.52 bits per heavy atom. The quantitative estimate of drug-likeness (QED) is 0.644.